The number of carbonyl (C=O) groups excluding carboxylic acids is 4. The third-order valence-corrected chi connectivity index (χ3v) is 6.39. The van der Waals surface area contributed by atoms with Crippen LogP contribution in [-0.2, 0) is 35.0 Å². The van der Waals surface area contributed by atoms with E-state index in [1.807, 2.05) is 27.7 Å². The summed E-state index contributed by atoms with van der Waals surface area (Å²) in [5.74, 6) is -1.65. The first-order valence-electron chi connectivity index (χ1n) is 13.5. The van der Waals surface area contributed by atoms with Gasteiger partial charge in [0.25, 0.3) is 0 Å². The molecule has 1 aromatic carbocycles. The highest BCUT2D eigenvalue weighted by atomic mass is 16.8. The van der Waals surface area contributed by atoms with E-state index in [0.29, 0.717) is 5.56 Å². The molecule has 0 aliphatic carbocycles. The van der Waals surface area contributed by atoms with Gasteiger partial charge in [-0.3, -0.25) is 9.59 Å². The lowest BCUT2D eigenvalue weighted by molar-refractivity contribution is -0.157. The van der Waals surface area contributed by atoms with E-state index in [2.05, 4.69) is 0 Å². The Bertz CT molecular complexity index is 1020. The molecule has 1 rings (SSSR count). The summed E-state index contributed by atoms with van der Waals surface area (Å²) in [7, 11) is 1.20. The zero-order valence-electron chi connectivity index (χ0n) is 25.3. The summed E-state index contributed by atoms with van der Waals surface area (Å²) in [5.41, 5.74) is 5.34. The average Bonchev–Trinajstić information content (AvgIpc) is 2.84. The second kappa shape index (κ2) is 15.4. The Morgan fingerprint density at radius 3 is 1.73 bits per heavy atom. The third-order valence-electron chi connectivity index (χ3n) is 6.39. The van der Waals surface area contributed by atoms with E-state index in [0.717, 1.165) is 0 Å². The van der Waals surface area contributed by atoms with E-state index in [4.69, 9.17) is 34.2 Å². The van der Waals surface area contributed by atoms with Crippen molar-refractivity contribution in [2.24, 2.45) is 23.5 Å². The van der Waals surface area contributed by atoms with Crippen molar-refractivity contribution in [3.05, 3.63) is 23.8 Å². The molecule has 1 aromatic rings. The first-order valence-corrected chi connectivity index (χ1v) is 13.5. The lowest BCUT2D eigenvalue weighted by Gasteiger charge is -2.29. The predicted molar refractivity (Wildman–Crippen MR) is 147 cm³/mol. The minimum atomic E-state index is -1.59. The summed E-state index contributed by atoms with van der Waals surface area (Å²) in [6, 6.07) is 4.36. The third kappa shape index (κ3) is 11.0. The van der Waals surface area contributed by atoms with Crippen LogP contribution in [0.2, 0.25) is 0 Å². The summed E-state index contributed by atoms with van der Waals surface area (Å²) in [5, 5.41) is 0. The molecule has 0 spiro atoms. The van der Waals surface area contributed by atoms with Crippen LogP contribution in [0, 0.1) is 17.8 Å². The molecular formula is C29H45NO10. The quantitative estimate of drug-likeness (QED) is 0.190. The molecule has 0 aromatic heterocycles. The van der Waals surface area contributed by atoms with Crippen LogP contribution in [0.15, 0.2) is 18.2 Å². The number of hydrogen-bond donors (Lipinski definition) is 1. The Kier molecular flexibility index (Phi) is 13.4. The van der Waals surface area contributed by atoms with Gasteiger partial charge in [-0.25, -0.2) is 9.59 Å². The molecule has 2 N–H and O–H groups in total. The van der Waals surface area contributed by atoms with Crippen molar-refractivity contribution in [2.45, 2.75) is 99.0 Å². The minimum Gasteiger partial charge on any atom is -0.468 e. The second-order valence-electron chi connectivity index (χ2n) is 11.1. The van der Waals surface area contributed by atoms with E-state index in [9.17, 15) is 19.2 Å². The predicted octanol–water partition coefficient (Wildman–Crippen LogP) is 5.20. The fourth-order valence-corrected chi connectivity index (χ4v) is 3.31. The minimum absolute atomic E-state index is 0.0341. The molecule has 0 amide bonds. The molecule has 4 atom stereocenters. The van der Waals surface area contributed by atoms with Gasteiger partial charge in [-0.05, 0) is 50.3 Å². The highest BCUT2D eigenvalue weighted by molar-refractivity contribution is 5.81. The lowest BCUT2D eigenvalue weighted by atomic mass is 9.86. The number of nitrogens with two attached hydrogens (primary N) is 1. The average molecular weight is 568 g/mol. The fourth-order valence-electron chi connectivity index (χ4n) is 3.31. The Hall–Kier alpha value is -3.34. The molecule has 11 heteroatoms. The number of methoxy groups -OCH3 is 1. The van der Waals surface area contributed by atoms with Crippen molar-refractivity contribution in [3.63, 3.8) is 0 Å². The van der Waals surface area contributed by atoms with Crippen molar-refractivity contribution >= 4 is 24.2 Å². The summed E-state index contributed by atoms with van der Waals surface area (Å²) < 4.78 is 31.6. The van der Waals surface area contributed by atoms with Crippen LogP contribution in [0.5, 0.6) is 11.5 Å². The number of benzene rings is 1. The summed E-state index contributed by atoms with van der Waals surface area (Å²) in [6.07, 6.45) is -3.66. The van der Waals surface area contributed by atoms with Crippen LogP contribution < -0.4 is 15.2 Å². The topological polar surface area (TPSA) is 150 Å². The van der Waals surface area contributed by atoms with Crippen LogP contribution >= 0.6 is 0 Å². The normalized spacial score (nSPS) is 15.1. The van der Waals surface area contributed by atoms with Crippen LogP contribution in [0.4, 0.5) is 9.59 Å². The summed E-state index contributed by atoms with van der Waals surface area (Å²) >= 11 is 0. The highest BCUT2D eigenvalue weighted by Gasteiger charge is 2.38. The zero-order valence-corrected chi connectivity index (χ0v) is 25.3. The van der Waals surface area contributed by atoms with E-state index in [-0.39, 0.29) is 42.1 Å². The van der Waals surface area contributed by atoms with Crippen molar-refractivity contribution in [2.75, 3.05) is 7.11 Å². The molecule has 11 nitrogen and oxygen atoms in total. The number of carbonyl (C=O) groups is 4. The number of hydrogen-bond acceptors (Lipinski definition) is 11. The van der Waals surface area contributed by atoms with Gasteiger partial charge in [-0.1, -0.05) is 47.6 Å². The van der Waals surface area contributed by atoms with Gasteiger partial charge in [0.15, 0.2) is 11.5 Å². The van der Waals surface area contributed by atoms with Crippen molar-refractivity contribution < 1.29 is 47.6 Å². The first kappa shape index (κ1) is 34.7. The summed E-state index contributed by atoms with van der Waals surface area (Å²) in [4.78, 5) is 49.7. The number of esters is 2. The molecule has 0 bridgehead atoms. The monoisotopic (exact) mass is 567 g/mol. The van der Waals surface area contributed by atoms with Crippen LogP contribution in [0.1, 0.15) is 74.3 Å². The maximum Gasteiger partial charge on any atom is 0.514 e. The number of ether oxygens (including phenoxy) is 6. The van der Waals surface area contributed by atoms with Crippen molar-refractivity contribution in [3.8, 4) is 11.5 Å². The van der Waals surface area contributed by atoms with Gasteiger partial charge in [-0.2, -0.15) is 0 Å². The molecule has 40 heavy (non-hydrogen) atoms. The molecule has 0 heterocycles. The van der Waals surface area contributed by atoms with E-state index < -0.39 is 48.1 Å². The molecule has 0 aliphatic heterocycles. The SMILES string of the molecule is COC(=O)[C@](N)(Cc1ccc(OC(=O)O[C@@H](C)C(C)C)c(OC(=O)OC(C)C(C)C)c1)CC(C)OC(=O)C(C)C. The van der Waals surface area contributed by atoms with Gasteiger partial charge in [0.2, 0.25) is 0 Å². The van der Waals surface area contributed by atoms with E-state index >= 15 is 0 Å². The molecule has 0 fully saturated rings. The Morgan fingerprint density at radius 1 is 0.775 bits per heavy atom. The largest absolute Gasteiger partial charge is 0.514 e. The Balaban J connectivity index is 3.32. The zero-order chi connectivity index (χ0) is 30.8. The van der Waals surface area contributed by atoms with Crippen molar-refractivity contribution in [1.29, 1.82) is 0 Å². The standard InChI is InChI=1S/C29H45NO10/c1-16(2)20(8)37-27(33)39-23-12-11-22(13-24(23)40-28(34)38-21(9)17(3)4)15-29(30,26(32)35-10)14-19(7)36-25(31)18(5)6/h11-13,16-21H,14-15,30H2,1-10H3/t19?,20-,21?,29+/m0/s1. The molecule has 226 valence electrons. The van der Waals surface area contributed by atoms with E-state index in [1.165, 1.54) is 19.2 Å². The van der Waals surface area contributed by atoms with Gasteiger partial charge in [0.05, 0.1) is 13.0 Å². The maximum absolute atomic E-state index is 12.7. The van der Waals surface area contributed by atoms with Crippen molar-refractivity contribution in [1.82, 2.24) is 0 Å². The van der Waals surface area contributed by atoms with Gasteiger partial charge in [0.1, 0.15) is 23.9 Å². The highest BCUT2D eigenvalue weighted by Crippen LogP contribution is 2.32. The Labute approximate surface area is 236 Å². The first-order chi connectivity index (χ1) is 18.5. The van der Waals surface area contributed by atoms with Crippen LogP contribution in [0.3, 0.4) is 0 Å². The Morgan fingerprint density at radius 2 is 1.27 bits per heavy atom. The molecular weight excluding hydrogens is 522 g/mol. The number of rotatable bonds is 13. The van der Waals surface area contributed by atoms with Gasteiger partial charge < -0.3 is 34.2 Å². The lowest BCUT2D eigenvalue weighted by Crippen LogP contribution is -2.53. The smallest absolute Gasteiger partial charge is 0.468 e. The second-order valence-corrected chi connectivity index (χ2v) is 11.1. The molecule has 0 aliphatic rings. The fraction of sp³-hybridized carbons (Fsp3) is 0.655. The van der Waals surface area contributed by atoms with Gasteiger partial charge in [0, 0.05) is 12.8 Å². The molecule has 0 saturated carbocycles. The van der Waals surface area contributed by atoms with E-state index in [1.54, 1.807) is 40.7 Å². The van der Waals surface area contributed by atoms with Gasteiger partial charge >= 0.3 is 24.2 Å². The maximum atomic E-state index is 12.7. The van der Waals surface area contributed by atoms with Gasteiger partial charge in [-0.15, -0.1) is 0 Å². The van der Waals surface area contributed by atoms with Crippen LogP contribution in [-0.4, -0.2) is 55.2 Å². The summed E-state index contributed by atoms with van der Waals surface area (Å²) in [6.45, 7) is 16.0. The van der Waals surface area contributed by atoms with Crippen LogP contribution in [0.25, 0.3) is 0 Å². The molecule has 2 unspecified atom stereocenters. The molecule has 0 saturated heterocycles. The molecule has 0 radical (unpaired) electrons.